The van der Waals surface area contributed by atoms with Gasteiger partial charge < -0.3 is 11.5 Å². The van der Waals surface area contributed by atoms with Gasteiger partial charge in [-0.15, -0.1) is 0 Å². The summed E-state index contributed by atoms with van der Waals surface area (Å²) in [5.74, 6) is 0.0242. The summed E-state index contributed by atoms with van der Waals surface area (Å²) in [5, 5.41) is 0.422. The molecule has 16 heavy (non-hydrogen) atoms. The molecule has 1 aromatic rings. The van der Waals surface area contributed by atoms with Gasteiger partial charge in [0.2, 0.25) is 5.91 Å². The highest BCUT2D eigenvalue weighted by molar-refractivity contribution is 7.99. The number of nitrogens with two attached hydrogens (primary N) is 2. The molecule has 0 bridgehead atoms. The molecular weight excluding hydrogens is 220 g/mol. The van der Waals surface area contributed by atoms with Gasteiger partial charge in [-0.1, -0.05) is 44.2 Å². The van der Waals surface area contributed by atoms with Crippen molar-refractivity contribution in [2.75, 3.05) is 5.75 Å². The van der Waals surface area contributed by atoms with Crippen LogP contribution in [-0.2, 0) is 10.3 Å². The Balaban J connectivity index is 2.93. The number of carbonyl (C=O) groups excluding carboxylic acids is 1. The molecule has 4 N–H and O–H groups in total. The number of amides is 1. The molecule has 1 aromatic carbocycles. The van der Waals surface area contributed by atoms with Crippen LogP contribution in [-0.4, -0.2) is 16.9 Å². The van der Waals surface area contributed by atoms with E-state index in [4.69, 9.17) is 11.5 Å². The second kappa shape index (κ2) is 5.37. The Morgan fingerprint density at radius 1 is 1.38 bits per heavy atom. The molecule has 0 saturated carbocycles. The van der Waals surface area contributed by atoms with Crippen molar-refractivity contribution in [3.63, 3.8) is 0 Å². The maximum Gasteiger partial charge on any atom is 0.242 e. The van der Waals surface area contributed by atoms with E-state index in [9.17, 15) is 4.79 Å². The third-order valence-corrected chi connectivity index (χ3v) is 3.66. The Hall–Kier alpha value is -1.00. The maximum atomic E-state index is 11.5. The summed E-state index contributed by atoms with van der Waals surface area (Å²) in [6.07, 6.45) is 0. The Kier molecular flexibility index (Phi) is 4.38. The molecule has 0 fully saturated rings. The first kappa shape index (κ1) is 13.1. The fraction of sp³-hybridized carbons (Fsp3) is 0.417. The molecule has 0 saturated heterocycles. The maximum absolute atomic E-state index is 11.5. The number of carbonyl (C=O) groups is 1. The van der Waals surface area contributed by atoms with E-state index in [1.807, 2.05) is 30.3 Å². The SMILES string of the molecule is CC(C)SCC(N)(C(N)=O)c1ccccc1. The van der Waals surface area contributed by atoms with E-state index >= 15 is 0 Å². The summed E-state index contributed by atoms with van der Waals surface area (Å²) in [6.45, 7) is 4.13. The average molecular weight is 238 g/mol. The van der Waals surface area contributed by atoms with Crippen LogP contribution in [0.2, 0.25) is 0 Å². The van der Waals surface area contributed by atoms with Gasteiger partial charge in [0.05, 0.1) is 0 Å². The molecule has 1 amide bonds. The molecule has 0 aliphatic rings. The molecule has 88 valence electrons. The van der Waals surface area contributed by atoms with Crippen LogP contribution in [0.5, 0.6) is 0 Å². The molecule has 3 nitrogen and oxygen atoms in total. The summed E-state index contributed by atoms with van der Waals surface area (Å²) in [6, 6.07) is 9.29. The van der Waals surface area contributed by atoms with Crippen molar-refractivity contribution in [2.45, 2.75) is 24.6 Å². The normalized spacial score (nSPS) is 14.8. The lowest BCUT2D eigenvalue weighted by Crippen LogP contribution is -2.51. The van der Waals surface area contributed by atoms with E-state index in [1.165, 1.54) is 0 Å². The van der Waals surface area contributed by atoms with Crippen LogP contribution in [0, 0.1) is 0 Å². The van der Waals surface area contributed by atoms with Gasteiger partial charge in [-0.05, 0) is 10.8 Å². The minimum atomic E-state index is -1.07. The van der Waals surface area contributed by atoms with Crippen molar-refractivity contribution in [3.8, 4) is 0 Å². The van der Waals surface area contributed by atoms with Gasteiger partial charge in [0, 0.05) is 5.75 Å². The Morgan fingerprint density at radius 3 is 2.38 bits per heavy atom. The number of rotatable bonds is 5. The van der Waals surface area contributed by atoms with Crippen molar-refractivity contribution in [1.82, 2.24) is 0 Å². The highest BCUT2D eigenvalue weighted by Crippen LogP contribution is 2.25. The van der Waals surface area contributed by atoms with Gasteiger partial charge in [-0.2, -0.15) is 11.8 Å². The zero-order chi connectivity index (χ0) is 12.2. The number of hydrogen-bond acceptors (Lipinski definition) is 3. The van der Waals surface area contributed by atoms with Crippen molar-refractivity contribution in [2.24, 2.45) is 11.5 Å². The van der Waals surface area contributed by atoms with E-state index in [0.29, 0.717) is 11.0 Å². The zero-order valence-electron chi connectivity index (χ0n) is 9.64. The van der Waals surface area contributed by atoms with Gasteiger partial charge in [0.25, 0.3) is 0 Å². The molecule has 0 aliphatic heterocycles. The molecule has 0 radical (unpaired) electrons. The highest BCUT2D eigenvalue weighted by atomic mass is 32.2. The molecule has 1 atom stereocenters. The molecule has 0 heterocycles. The van der Waals surface area contributed by atoms with Crippen LogP contribution in [0.15, 0.2) is 30.3 Å². The molecule has 1 rings (SSSR count). The summed E-state index contributed by atoms with van der Waals surface area (Å²) >= 11 is 1.64. The average Bonchev–Trinajstić information content (AvgIpc) is 2.26. The van der Waals surface area contributed by atoms with Crippen LogP contribution < -0.4 is 11.5 Å². The summed E-state index contributed by atoms with van der Waals surface area (Å²) in [4.78, 5) is 11.5. The van der Waals surface area contributed by atoms with E-state index in [-0.39, 0.29) is 0 Å². The number of hydrogen-bond donors (Lipinski definition) is 2. The predicted molar refractivity (Wildman–Crippen MR) is 69.1 cm³/mol. The van der Waals surface area contributed by atoms with Crippen molar-refractivity contribution in [3.05, 3.63) is 35.9 Å². The lowest BCUT2D eigenvalue weighted by atomic mass is 9.92. The standard InChI is InChI=1S/C12H18N2OS/c1-9(2)16-8-12(14,11(13)15)10-6-4-3-5-7-10/h3-7,9H,8,14H2,1-2H3,(H2,13,15). The summed E-state index contributed by atoms with van der Waals surface area (Å²) in [7, 11) is 0. The fourth-order valence-corrected chi connectivity index (χ4v) is 2.24. The van der Waals surface area contributed by atoms with Crippen LogP contribution >= 0.6 is 11.8 Å². The first-order valence-electron chi connectivity index (χ1n) is 5.22. The molecule has 0 spiro atoms. The van der Waals surface area contributed by atoms with Crippen molar-refractivity contribution >= 4 is 17.7 Å². The highest BCUT2D eigenvalue weighted by Gasteiger charge is 2.34. The number of benzene rings is 1. The largest absolute Gasteiger partial charge is 0.368 e. The predicted octanol–water partition coefficient (Wildman–Crippen LogP) is 1.47. The van der Waals surface area contributed by atoms with Crippen LogP contribution in [0.4, 0.5) is 0 Å². The van der Waals surface area contributed by atoms with Gasteiger partial charge in [-0.3, -0.25) is 4.79 Å². The van der Waals surface area contributed by atoms with Crippen LogP contribution in [0.3, 0.4) is 0 Å². The van der Waals surface area contributed by atoms with E-state index in [2.05, 4.69) is 13.8 Å². The summed E-state index contributed by atoms with van der Waals surface area (Å²) in [5.41, 5.74) is 11.2. The summed E-state index contributed by atoms with van der Waals surface area (Å²) < 4.78 is 0. The Labute approximate surface area is 101 Å². The van der Waals surface area contributed by atoms with Gasteiger partial charge in [0.1, 0.15) is 5.54 Å². The topological polar surface area (TPSA) is 69.1 Å². The van der Waals surface area contributed by atoms with Gasteiger partial charge in [0.15, 0.2) is 0 Å². The third kappa shape index (κ3) is 3.00. The van der Waals surface area contributed by atoms with E-state index < -0.39 is 11.4 Å². The zero-order valence-corrected chi connectivity index (χ0v) is 10.5. The molecule has 0 aromatic heterocycles. The molecule has 0 aliphatic carbocycles. The first-order valence-corrected chi connectivity index (χ1v) is 6.27. The Morgan fingerprint density at radius 2 is 1.94 bits per heavy atom. The Bertz CT molecular complexity index is 353. The molecule has 1 unspecified atom stereocenters. The molecule has 4 heteroatoms. The quantitative estimate of drug-likeness (QED) is 0.816. The van der Waals surface area contributed by atoms with Crippen molar-refractivity contribution in [1.29, 1.82) is 0 Å². The third-order valence-electron chi connectivity index (χ3n) is 2.37. The van der Waals surface area contributed by atoms with Crippen LogP contribution in [0.1, 0.15) is 19.4 Å². The minimum Gasteiger partial charge on any atom is -0.368 e. The lowest BCUT2D eigenvalue weighted by Gasteiger charge is -2.26. The van der Waals surface area contributed by atoms with Crippen molar-refractivity contribution < 1.29 is 4.79 Å². The van der Waals surface area contributed by atoms with Gasteiger partial charge >= 0.3 is 0 Å². The fourth-order valence-electron chi connectivity index (χ4n) is 1.33. The van der Waals surface area contributed by atoms with E-state index in [0.717, 1.165) is 5.56 Å². The lowest BCUT2D eigenvalue weighted by molar-refractivity contribution is -0.122. The monoisotopic (exact) mass is 238 g/mol. The van der Waals surface area contributed by atoms with Crippen LogP contribution in [0.25, 0.3) is 0 Å². The molecular formula is C12H18N2OS. The smallest absolute Gasteiger partial charge is 0.242 e. The first-order chi connectivity index (χ1) is 7.47. The minimum absolute atomic E-state index is 0.422. The van der Waals surface area contributed by atoms with E-state index in [1.54, 1.807) is 11.8 Å². The van der Waals surface area contributed by atoms with Gasteiger partial charge in [-0.25, -0.2) is 0 Å². The number of thioether (sulfide) groups is 1. The second-order valence-corrected chi connectivity index (χ2v) is 5.63. The number of primary amides is 1. The second-order valence-electron chi connectivity index (χ2n) is 4.06.